The average Bonchev–Trinajstić information content (AvgIpc) is 2.17. The number of hydrogen-bond acceptors (Lipinski definition) is 2. The molecule has 0 spiro atoms. The Labute approximate surface area is 71.1 Å². The lowest BCUT2D eigenvalue weighted by atomic mass is 10.2. The second kappa shape index (κ2) is 3.03. The molecule has 0 radical (unpaired) electrons. The molecule has 1 aromatic rings. The van der Waals surface area contributed by atoms with Crippen molar-refractivity contribution in [3.05, 3.63) is 24.3 Å². The van der Waals surface area contributed by atoms with E-state index in [1.165, 1.54) is 0 Å². The molecule has 0 unspecified atom stereocenters. The fraction of sp³-hybridized carbons (Fsp3) is 0.333. The lowest BCUT2D eigenvalue weighted by Crippen LogP contribution is -2.59. The van der Waals surface area contributed by atoms with Crippen LogP contribution < -0.4 is 15.2 Å². The Kier molecular flexibility index (Phi) is 1.87. The summed E-state index contributed by atoms with van der Waals surface area (Å²) in [7, 11) is 0. The SMILES string of the molecule is [NH3+]C[C@@H]1COc2ccccc2O1. The van der Waals surface area contributed by atoms with Gasteiger partial charge in [0.15, 0.2) is 17.6 Å². The molecule has 0 fully saturated rings. The van der Waals surface area contributed by atoms with Gasteiger partial charge in [-0.2, -0.15) is 0 Å². The van der Waals surface area contributed by atoms with E-state index in [9.17, 15) is 0 Å². The molecule has 0 aliphatic carbocycles. The number of fused-ring (bicyclic) bond motifs is 1. The predicted octanol–water partition coefficient (Wildman–Crippen LogP) is 0.0683. The smallest absolute Gasteiger partial charge is 0.181 e. The maximum Gasteiger partial charge on any atom is 0.181 e. The predicted molar refractivity (Wildman–Crippen MR) is 44.1 cm³/mol. The van der Waals surface area contributed by atoms with E-state index in [1.54, 1.807) is 0 Å². The molecule has 1 aliphatic rings. The van der Waals surface area contributed by atoms with Crippen LogP contribution in [0.2, 0.25) is 0 Å². The van der Waals surface area contributed by atoms with Crippen LogP contribution in [-0.4, -0.2) is 19.3 Å². The summed E-state index contributed by atoms with van der Waals surface area (Å²) in [4.78, 5) is 0. The average molecular weight is 166 g/mol. The third-order valence-corrected chi connectivity index (χ3v) is 1.89. The number of para-hydroxylation sites is 2. The van der Waals surface area contributed by atoms with Gasteiger partial charge in [-0.1, -0.05) is 12.1 Å². The van der Waals surface area contributed by atoms with Gasteiger partial charge in [0.2, 0.25) is 0 Å². The van der Waals surface area contributed by atoms with Crippen LogP contribution in [0.1, 0.15) is 0 Å². The van der Waals surface area contributed by atoms with Crippen molar-refractivity contribution in [2.75, 3.05) is 13.2 Å². The minimum absolute atomic E-state index is 0.111. The molecule has 3 N–H and O–H groups in total. The minimum Gasteiger partial charge on any atom is -0.486 e. The zero-order chi connectivity index (χ0) is 8.39. The van der Waals surface area contributed by atoms with Crippen LogP contribution in [0.3, 0.4) is 0 Å². The molecule has 3 nitrogen and oxygen atoms in total. The van der Waals surface area contributed by atoms with Crippen LogP contribution in [0, 0.1) is 0 Å². The zero-order valence-electron chi connectivity index (χ0n) is 6.82. The fourth-order valence-corrected chi connectivity index (χ4v) is 1.21. The van der Waals surface area contributed by atoms with Gasteiger partial charge in [-0.15, -0.1) is 0 Å². The normalized spacial score (nSPS) is 20.6. The molecule has 1 atom stereocenters. The Bertz CT molecular complexity index is 275. The summed E-state index contributed by atoms with van der Waals surface area (Å²) in [6.07, 6.45) is 0.111. The maximum atomic E-state index is 5.59. The van der Waals surface area contributed by atoms with Gasteiger partial charge in [-0.3, -0.25) is 0 Å². The number of benzene rings is 1. The van der Waals surface area contributed by atoms with E-state index in [1.807, 2.05) is 24.3 Å². The molecule has 0 saturated heterocycles. The molecule has 64 valence electrons. The topological polar surface area (TPSA) is 46.1 Å². The highest BCUT2D eigenvalue weighted by Gasteiger charge is 2.19. The molecule has 1 aliphatic heterocycles. The van der Waals surface area contributed by atoms with Crippen molar-refractivity contribution in [2.24, 2.45) is 0 Å². The first kappa shape index (κ1) is 7.43. The van der Waals surface area contributed by atoms with Crippen LogP contribution in [0.15, 0.2) is 24.3 Å². The number of ether oxygens (including phenoxy) is 2. The van der Waals surface area contributed by atoms with Crippen molar-refractivity contribution in [3.8, 4) is 11.5 Å². The lowest BCUT2D eigenvalue weighted by molar-refractivity contribution is -0.383. The molecule has 1 heterocycles. The molecular weight excluding hydrogens is 154 g/mol. The Balaban J connectivity index is 2.23. The summed E-state index contributed by atoms with van der Waals surface area (Å²) in [5.74, 6) is 1.67. The van der Waals surface area contributed by atoms with Crippen molar-refractivity contribution >= 4 is 0 Å². The van der Waals surface area contributed by atoms with Gasteiger partial charge < -0.3 is 15.2 Å². The van der Waals surface area contributed by atoms with Crippen molar-refractivity contribution in [2.45, 2.75) is 6.10 Å². The van der Waals surface area contributed by atoms with Gasteiger partial charge in [-0.25, -0.2) is 0 Å². The first-order chi connectivity index (χ1) is 5.90. The van der Waals surface area contributed by atoms with E-state index in [-0.39, 0.29) is 6.10 Å². The molecule has 0 saturated carbocycles. The van der Waals surface area contributed by atoms with E-state index in [2.05, 4.69) is 5.73 Å². The van der Waals surface area contributed by atoms with Gasteiger partial charge in [0.05, 0.1) is 0 Å². The van der Waals surface area contributed by atoms with E-state index in [0.717, 1.165) is 18.0 Å². The van der Waals surface area contributed by atoms with E-state index >= 15 is 0 Å². The van der Waals surface area contributed by atoms with Crippen LogP contribution in [0.25, 0.3) is 0 Å². The monoisotopic (exact) mass is 166 g/mol. The van der Waals surface area contributed by atoms with Crippen molar-refractivity contribution in [1.29, 1.82) is 0 Å². The van der Waals surface area contributed by atoms with Crippen molar-refractivity contribution < 1.29 is 15.2 Å². The van der Waals surface area contributed by atoms with Crippen LogP contribution in [-0.2, 0) is 0 Å². The number of hydrogen-bond donors (Lipinski definition) is 1. The van der Waals surface area contributed by atoms with E-state index in [4.69, 9.17) is 9.47 Å². The van der Waals surface area contributed by atoms with Gasteiger partial charge in [0.25, 0.3) is 0 Å². The second-order valence-electron chi connectivity index (χ2n) is 2.79. The van der Waals surface area contributed by atoms with Gasteiger partial charge in [0.1, 0.15) is 13.2 Å². The van der Waals surface area contributed by atoms with E-state index < -0.39 is 0 Å². The maximum absolute atomic E-state index is 5.59. The second-order valence-corrected chi connectivity index (χ2v) is 2.79. The summed E-state index contributed by atoms with van der Waals surface area (Å²) in [5, 5.41) is 0. The molecule has 0 aromatic heterocycles. The van der Waals surface area contributed by atoms with Gasteiger partial charge in [-0.05, 0) is 12.1 Å². The van der Waals surface area contributed by atoms with Gasteiger partial charge >= 0.3 is 0 Å². The first-order valence-corrected chi connectivity index (χ1v) is 4.08. The highest BCUT2D eigenvalue weighted by Crippen LogP contribution is 2.30. The van der Waals surface area contributed by atoms with Crippen LogP contribution in [0.4, 0.5) is 0 Å². The zero-order valence-corrected chi connectivity index (χ0v) is 6.82. The third kappa shape index (κ3) is 1.23. The van der Waals surface area contributed by atoms with Crippen molar-refractivity contribution in [1.82, 2.24) is 0 Å². The largest absolute Gasteiger partial charge is 0.486 e. The number of quaternary nitrogens is 1. The highest BCUT2D eigenvalue weighted by atomic mass is 16.6. The lowest BCUT2D eigenvalue weighted by Gasteiger charge is -2.23. The summed E-state index contributed by atoms with van der Waals surface area (Å²) < 4.78 is 11.1. The minimum atomic E-state index is 0.111. The molecule has 0 amide bonds. The quantitative estimate of drug-likeness (QED) is 0.641. The first-order valence-electron chi connectivity index (χ1n) is 4.08. The molecule has 1 aromatic carbocycles. The Hall–Kier alpha value is -1.22. The Morgan fingerprint density at radius 2 is 2.08 bits per heavy atom. The van der Waals surface area contributed by atoms with Crippen LogP contribution in [0.5, 0.6) is 11.5 Å². The highest BCUT2D eigenvalue weighted by molar-refractivity contribution is 5.40. The Morgan fingerprint density at radius 3 is 2.83 bits per heavy atom. The Morgan fingerprint density at radius 1 is 1.33 bits per heavy atom. The fourth-order valence-electron chi connectivity index (χ4n) is 1.21. The van der Waals surface area contributed by atoms with Crippen molar-refractivity contribution in [3.63, 3.8) is 0 Å². The molecule has 3 heteroatoms. The summed E-state index contributed by atoms with van der Waals surface area (Å²) in [5.41, 5.74) is 3.78. The molecule has 2 rings (SSSR count). The van der Waals surface area contributed by atoms with E-state index in [0.29, 0.717) is 6.61 Å². The molecule has 0 bridgehead atoms. The summed E-state index contributed by atoms with van der Waals surface area (Å²) >= 11 is 0. The third-order valence-electron chi connectivity index (χ3n) is 1.89. The van der Waals surface area contributed by atoms with Crippen LogP contribution >= 0.6 is 0 Å². The van der Waals surface area contributed by atoms with Gasteiger partial charge in [0, 0.05) is 0 Å². The molecular formula is C9H12NO2+. The number of rotatable bonds is 1. The summed E-state index contributed by atoms with van der Waals surface area (Å²) in [6.45, 7) is 1.36. The standard InChI is InChI=1S/C9H11NO2/c10-5-7-6-11-8-3-1-2-4-9(8)12-7/h1-4,7H,5-6,10H2/p+1/t7-/m1/s1. The molecule has 12 heavy (non-hydrogen) atoms. The summed E-state index contributed by atoms with van der Waals surface area (Å²) in [6, 6.07) is 7.70.